The minimum Gasteiger partial charge on any atom is -0.478 e. The average Bonchev–Trinajstić information content (AvgIpc) is 2.15. The first-order chi connectivity index (χ1) is 7.33. The fourth-order valence-corrected chi connectivity index (χ4v) is 1.33. The molecule has 0 aliphatic heterocycles. The molecule has 1 fully saturated rings. The Morgan fingerprint density at radius 3 is 1.59 bits per heavy atom. The molecule has 9 heteroatoms. The summed E-state index contributed by atoms with van der Waals surface area (Å²) in [6, 6.07) is 0. The summed E-state index contributed by atoms with van der Waals surface area (Å²) in [5, 5.41) is 8.22. The first-order valence-corrected chi connectivity index (χ1v) is 4.08. The quantitative estimate of drug-likeness (QED) is 0.616. The maximum atomic E-state index is 13.2. The van der Waals surface area contributed by atoms with E-state index in [0.29, 0.717) is 6.92 Å². The van der Waals surface area contributed by atoms with Crippen molar-refractivity contribution in [1.29, 1.82) is 0 Å². The van der Waals surface area contributed by atoms with Crippen LogP contribution < -0.4 is 0 Å². The molecule has 0 radical (unpaired) electrons. The summed E-state index contributed by atoms with van der Waals surface area (Å²) in [6.45, 7) is 0.534. The number of alkyl halides is 7. The largest absolute Gasteiger partial charge is 0.478 e. The van der Waals surface area contributed by atoms with Gasteiger partial charge in [-0.25, -0.2) is 9.18 Å². The number of hydrogen-bond acceptors (Lipinski definition) is 1. The highest BCUT2D eigenvalue weighted by Crippen LogP contribution is 2.69. The van der Waals surface area contributed by atoms with Gasteiger partial charge in [-0.05, 0) is 13.0 Å². The van der Waals surface area contributed by atoms with Gasteiger partial charge in [0.2, 0.25) is 0 Å². The third kappa shape index (κ3) is 1.25. The highest BCUT2D eigenvalue weighted by molar-refractivity contribution is 5.86. The number of carboxylic acid groups (broad SMARTS) is 1. The Bertz CT molecular complexity index is 381. The van der Waals surface area contributed by atoms with Gasteiger partial charge in [-0.15, -0.1) is 0 Å². The lowest BCUT2D eigenvalue weighted by atomic mass is 9.68. The monoisotopic (exact) mass is 266 g/mol. The van der Waals surface area contributed by atoms with E-state index in [-0.39, 0.29) is 0 Å². The van der Waals surface area contributed by atoms with E-state index in [2.05, 4.69) is 0 Å². The van der Waals surface area contributed by atoms with E-state index in [1.165, 1.54) is 0 Å². The molecule has 1 aliphatic carbocycles. The lowest BCUT2D eigenvalue weighted by Gasteiger charge is -2.52. The molecule has 0 aromatic carbocycles. The van der Waals surface area contributed by atoms with Crippen LogP contribution in [0.25, 0.3) is 0 Å². The molecule has 1 aliphatic rings. The van der Waals surface area contributed by atoms with Crippen LogP contribution in [0.3, 0.4) is 0 Å². The van der Waals surface area contributed by atoms with Gasteiger partial charge in [0.05, 0.1) is 0 Å². The minimum atomic E-state index is -5.86. The van der Waals surface area contributed by atoms with E-state index in [0.717, 1.165) is 0 Å². The van der Waals surface area contributed by atoms with E-state index >= 15 is 0 Å². The Morgan fingerprint density at radius 2 is 1.29 bits per heavy atom. The minimum absolute atomic E-state index is 0.534. The van der Waals surface area contributed by atoms with Crippen molar-refractivity contribution in [2.45, 2.75) is 30.4 Å². The Kier molecular flexibility index (Phi) is 2.54. The van der Waals surface area contributed by atoms with Crippen LogP contribution in [-0.4, -0.2) is 34.5 Å². The summed E-state index contributed by atoms with van der Waals surface area (Å²) in [5.74, 6) is -19.2. The third-order valence-corrected chi connectivity index (χ3v) is 2.46. The summed E-state index contributed by atoms with van der Waals surface area (Å²) in [7, 11) is 0. The van der Waals surface area contributed by atoms with Crippen LogP contribution in [0.4, 0.5) is 30.7 Å². The lowest BCUT2D eigenvalue weighted by molar-refractivity contribution is -0.459. The van der Waals surface area contributed by atoms with Crippen molar-refractivity contribution in [3.05, 3.63) is 11.6 Å². The zero-order valence-corrected chi connectivity index (χ0v) is 8.08. The molecule has 0 aromatic heterocycles. The Balaban J connectivity index is 3.32. The summed E-state index contributed by atoms with van der Waals surface area (Å²) in [6.07, 6.45) is -0.688. The highest BCUT2D eigenvalue weighted by atomic mass is 19.4. The van der Waals surface area contributed by atoms with E-state index in [1.54, 1.807) is 0 Å². The van der Waals surface area contributed by atoms with Crippen LogP contribution in [0.1, 0.15) is 6.92 Å². The van der Waals surface area contributed by atoms with Gasteiger partial charge < -0.3 is 5.11 Å². The molecule has 1 rings (SSSR count). The molecule has 0 saturated heterocycles. The number of carboxylic acids is 1. The van der Waals surface area contributed by atoms with Gasteiger partial charge in [0, 0.05) is 5.57 Å². The van der Waals surface area contributed by atoms with Crippen molar-refractivity contribution < 1.29 is 40.6 Å². The fraction of sp³-hybridized carbons (Fsp3) is 0.625. The summed E-state index contributed by atoms with van der Waals surface area (Å²) in [5.41, 5.74) is -6.23. The van der Waals surface area contributed by atoms with Crippen LogP contribution in [0.15, 0.2) is 11.6 Å². The highest BCUT2D eigenvalue weighted by Gasteiger charge is 2.99. The second-order valence-electron chi connectivity index (χ2n) is 3.57. The van der Waals surface area contributed by atoms with Gasteiger partial charge in [0.1, 0.15) is 0 Å². The van der Waals surface area contributed by atoms with Crippen molar-refractivity contribution in [2.75, 3.05) is 0 Å². The zero-order chi connectivity index (χ0) is 13.9. The Hall–Kier alpha value is -1.28. The first-order valence-electron chi connectivity index (χ1n) is 4.08. The molecule has 0 aromatic rings. The topological polar surface area (TPSA) is 37.3 Å². The van der Waals surface area contributed by atoms with Crippen LogP contribution >= 0.6 is 0 Å². The molecule has 1 saturated carbocycles. The van der Waals surface area contributed by atoms with Crippen molar-refractivity contribution in [3.8, 4) is 0 Å². The second kappa shape index (κ2) is 3.14. The maximum Gasteiger partial charge on any atom is 0.379 e. The fourth-order valence-electron chi connectivity index (χ4n) is 1.33. The van der Waals surface area contributed by atoms with Gasteiger partial charge in [-0.1, -0.05) is 0 Å². The van der Waals surface area contributed by atoms with Crippen molar-refractivity contribution in [3.63, 3.8) is 0 Å². The first kappa shape index (κ1) is 13.8. The maximum absolute atomic E-state index is 13.2. The summed E-state index contributed by atoms with van der Waals surface area (Å²) >= 11 is 0. The molecule has 98 valence electrons. The Morgan fingerprint density at radius 1 is 0.941 bits per heavy atom. The van der Waals surface area contributed by atoms with Crippen molar-refractivity contribution >= 4 is 5.97 Å². The number of aliphatic carboxylic acids is 1. The van der Waals surface area contributed by atoms with E-state index in [9.17, 15) is 35.5 Å². The van der Waals surface area contributed by atoms with Gasteiger partial charge in [-0.3, -0.25) is 0 Å². The van der Waals surface area contributed by atoms with E-state index < -0.39 is 41.1 Å². The summed E-state index contributed by atoms with van der Waals surface area (Å²) in [4.78, 5) is 10.2. The van der Waals surface area contributed by atoms with Crippen LogP contribution in [0, 0.1) is 0 Å². The predicted octanol–water partition coefficient (Wildman–Crippen LogP) is 2.65. The van der Waals surface area contributed by atoms with Crippen molar-refractivity contribution in [1.82, 2.24) is 0 Å². The van der Waals surface area contributed by atoms with Gasteiger partial charge in [0.25, 0.3) is 5.67 Å². The molecule has 0 atom stereocenters. The number of allylic oxidation sites excluding steroid dienone is 1. The molecule has 17 heavy (non-hydrogen) atoms. The molecule has 0 unspecified atom stereocenters. The molecule has 2 nitrogen and oxygen atoms in total. The molecular weight excluding hydrogens is 261 g/mol. The Labute approximate surface area is 89.7 Å². The third-order valence-electron chi connectivity index (χ3n) is 2.46. The average molecular weight is 266 g/mol. The van der Waals surface area contributed by atoms with Crippen molar-refractivity contribution in [2.24, 2.45) is 0 Å². The number of hydrogen-bond donors (Lipinski definition) is 1. The normalized spacial score (nSPS) is 28.4. The zero-order valence-electron chi connectivity index (χ0n) is 8.08. The van der Waals surface area contributed by atoms with Gasteiger partial charge >= 0.3 is 23.7 Å². The molecule has 0 bridgehead atoms. The van der Waals surface area contributed by atoms with E-state index in [4.69, 9.17) is 5.11 Å². The van der Waals surface area contributed by atoms with Gasteiger partial charge in [-0.2, -0.15) is 26.3 Å². The molecule has 0 amide bonds. The molecular formula is C8H5F7O2. The van der Waals surface area contributed by atoms with Crippen LogP contribution in [0.2, 0.25) is 0 Å². The number of carbonyl (C=O) groups is 1. The number of halogens is 7. The lowest BCUT2D eigenvalue weighted by Crippen LogP contribution is -2.83. The number of rotatable bonds is 2. The SMILES string of the molecule is CC(=CC1(F)C(F)(F)C(F)(F)C1(F)F)C(=O)O. The smallest absolute Gasteiger partial charge is 0.379 e. The molecule has 1 N–H and O–H groups in total. The standard InChI is InChI=1S/C8H5F7O2/c1-3(4(16)17)2-5(9)6(10,11)8(14,15)7(5,12)13/h2H,1H3,(H,16,17). The van der Waals surface area contributed by atoms with Crippen LogP contribution in [-0.2, 0) is 4.79 Å². The molecule has 0 heterocycles. The predicted molar refractivity (Wildman–Crippen MR) is 40.1 cm³/mol. The summed E-state index contributed by atoms with van der Waals surface area (Å²) < 4.78 is 88.5. The second-order valence-corrected chi connectivity index (χ2v) is 3.57. The van der Waals surface area contributed by atoms with Gasteiger partial charge in [0.15, 0.2) is 0 Å². The molecule has 0 spiro atoms. The van der Waals surface area contributed by atoms with E-state index in [1.807, 2.05) is 0 Å². The van der Waals surface area contributed by atoms with Crippen LogP contribution in [0.5, 0.6) is 0 Å².